The zero-order valence-electron chi connectivity index (χ0n) is 14.8. The predicted molar refractivity (Wildman–Crippen MR) is 101 cm³/mol. The number of rotatable bonds is 6. The number of nitrogens with two attached hydrogens (primary N) is 1. The van der Waals surface area contributed by atoms with Crippen molar-refractivity contribution < 1.29 is 14.3 Å². The quantitative estimate of drug-likeness (QED) is 0.717. The number of anilines is 1. The summed E-state index contributed by atoms with van der Waals surface area (Å²) in [5, 5.41) is 5.86. The normalized spacial score (nSPS) is 15.8. The second kappa shape index (κ2) is 10.4. The summed E-state index contributed by atoms with van der Waals surface area (Å²) in [6, 6.07) is 4.81. The van der Waals surface area contributed by atoms with E-state index in [0.29, 0.717) is 11.3 Å². The summed E-state index contributed by atoms with van der Waals surface area (Å²) in [5.74, 6) is -0.363. The molecule has 0 radical (unpaired) electrons. The molecule has 1 aromatic rings. The predicted octanol–water partition coefficient (Wildman–Crippen LogP) is 2.39. The Kier molecular flexibility index (Phi) is 8.89. The number of hydrogen-bond acceptors (Lipinski definition) is 4. The van der Waals surface area contributed by atoms with Crippen molar-refractivity contribution in [3.63, 3.8) is 0 Å². The molecular formula is C18H28ClN3O3. The molecule has 6 nitrogen and oxygen atoms in total. The highest BCUT2D eigenvalue weighted by Crippen LogP contribution is 2.20. The molecule has 1 fully saturated rings. The van der Waals surface area contributed by atoms with Crippen molar-refractivity contribution in [3.05, 3.63) is 29.3 Å². The van der Waals surface area contributed by atoms with Crippen molar-refractivity contribution in [2.24, 2.45) is 5.73 Å². The van der Waals surface area contributed by atoms with Crippen molar-refractivity contribution >= 4 is 29.9 Å². The van der Waals surface area contributed by atoms with E-state index in [2.05, 4.69) is 10.6 Å². The highest BCUT2D eigenvalue weighted by Gasteiger charge is 2.18. The Morgan fingerprint density at radius 1 is 1.28 bits per heavy atom. The van der Waals surface area contributed by atoms with Gasteiger partial charge >= 0.3 is 0 Å². The monoisotopic (exact) mass is 369 g/mol. The molecule has 1 aliphatic carbocycles. The number of halogens is 1. The van der Waals surface area contributed by atoms with E-state index in [9.17, 15) is 9.59 Å². The molecule has 0 aliphatic heterocycles. The maximum Gasteiger partial charge on any atom is 0.251 e. The standard InChI is InChI=1S/C18H27N3O3.ClH/c1-12-10-13(17(22)20-14-6-4-3-5-7-14)8-9-16(12)21-18(23)15(19)11-24-2;/h8-10,14-15H,3-7,11,19H2,1-2H3,(H,20,22)(H,21,23);1H. The minimum Gasteiger partial charge on any atom is -0.383 e. The van der Waals surface area contributed by atoms with Crippen LogP contribution >= 0.6 is 12.4 Å². The van der Waals surface area contributed by atoms with Crippen LogP contribution in [0.4, 0.5) is 5.69 Å². The third-order valence-corrected chi connectivity index (χ3v) is 4.37. The van der Waals surface area contributed by atoms with Gasteiger partial charge in [0.05, 0.1) is 6.61 Å². The molecule has 25 heavy (non-hydrogen) atoms. The minimum atomic E-state index is -0.719. The van der Waals surface area contributed by atoms with E-state index in [-0.39, 0.29) is 36.9 Å². The van der Waals surface area contributed by atoms with Crippen molar-refractivity contribution in [1.82, 2.24) is 5.32 Å². The second-order valence-electron chi connectivity index (χ2n) is 6.39. The van der Waals surface area contributed by atoms with Gasteiger partial charge in [0.25, 0.3) is 5.91 Å². The summed E-state index contributed by atoms with van der Waals surface area (Å²) in [5.41, 5.74) is 7.79. The van der Waals surface area contributed by atoms with Crippen LogP contribution < -0.4 is 16.4 Å². The highest BCUT2D eigenvalue weighted by atomic mass is 35.5. The lowest BCUT2D eigenvalue weighted by atomic mass is 9.95. The summed E-state index contributed by atoms with van der Waals surface area (Å²) >= 11 is 0. The van der Waals surface area contributed by atoms with Crippen molar-refractivity contribution in [2.45, 2.75) is 51.1 Å². The molecule has 4 N–H and O–H groups in total. The Morgan fingerprint density at radius 3 is 2.56 bits per heavy atom. The number of carbonyl (C=O) groups is 2. The molecular weight excluding hydrogens is 342 g/mol. The summed E-state index contributed by atoms with van der Waals surface area (Å²) in [6.07, 6.45) is 5.71. The fourth-order valence-corrected chi connectivity index (χ4v) is 2.94. The number of ether oxygens (including phenoxy) is 1. The second-order valence-corrected chi connectivity index (χ2v) is 6.39. The van der Waals surface area contributed by atoms with Crippen LogP contribution in [0.3, 0.4) is 0 Å². The Hall–Kier alpha value is -1.63. The Labute approximate surface area is 155 Å². The van der Waals surface area contributed by atoms with E-state index in [1.807, 2.05) is 6.92 Å². The molecule has 1 unspecified atom stereocenters. The molecule has 0 bridgehead atoms. The molecule has 1 saturated carbocycles. The summed E-state index contributed by atoms with van der Waals surface area (Å²) < 4.78 is 4.88. The molecule has 1 aliphatic rings. The van der Waals surface area contributed by atoms with Gasteiger partial charge in [0.1, 0.15) is 6.04 Å². The largest absolute Gasteiger partial charge is 0.383 e. The Morgan fingerprint density at radius 2 is 1.96 bits per heavy atom. The first kappa shape index (κ1) is 21.4. The van der Waals surface area contributed by atoms with Gasteiger partial charge in [0.2, 0.25) is 5.91 Å². The van der Waals surface area contributed by atoms with Crippen LogP contribution in [-0.2, 0) is 9.53 Å². The lowest BCUT2D eigenvalue weighted by Gasteiger charge is -2.23. The number of nitrogens with one attached hydrogen (secondary N) is 2. The van der Waals surface area contributed by atoms with Crippen molar-refractivity contribution in [3.8, 4) is 0 Å². The van der Waals surface area contributed by atoms with Gasteiger partial charge in [-0.3, -0.25) is 9.59 Å². The molecule has 1 aromatic carbocycles. The fraction of sp³-hybridized carbons (Fsp3) is 0.556. The van der Waals surface area contributed by atoms with E-state index >= 15 is 0 Å². The molecule has 0 saturated heterocycles. The van der Waals surface area contributed by atoms with Gasteiger partial charge in [0.15, 0.2) is 0 Å². The Bertz CT molecular complexity index is 589. The highest BCUT2D eigenvalue weighted by molar-refractivity contribution is 5.98. The van der Waals surface area contributed by atoms with Gasteiger partial charge in [-0.25, -0.2) is 0 Å². The SMILES string of the molecule is COCC(N)C(=O)Nc1ccc(C(=O)NC2CCCCC2)cc1C.Cl. The van der Waals surface area contributed by atoms with Gasteiger partial charge in [-0.15, -0.1) is 12.4 Å². The van der Waals surface area contributed by atoms with Gasteiger partial charge < -0.3 is 21.1 Å². The third-order valence-electron chi connectivity index (χ3n) is 4.37. The van der Waals surface area contributed by atoms with Gasteiger partial charge in [0, 0.05) is 24.4 Å². The number of benzene rings is 1. The molecule has 2 amide bonds. The maximum atomic E-state index is 12.4. The summed E-state index contributed by atoms with van der Waals surface area (Å²) in [6.45, 7) is 2.02. The third kappa shape index (κ3) is 6.30. The average Bonchev–Trinajstić information content (AvgIpc) is 2.57. The first-order chi connectivity index (χ1) is 11.5. The van der Waals surface area contributed by atoms with E-state index in [1.165, 1.54) is 26.4 Å². The molecule has 2 rings (SSSR count). The number of amides is 2. The van der Waals surface area contributed by atoms with Crippen LogP contribution in [0.15, 0.2) is 18.2 Å². The molecule has 7 heteroatoms. The van der Waals surface area contributed by atoms with Crippen LogP contribution in [0.2, 0.25) is 0 Å². The number of methoxy groups -OCH3 is 1. The molecule has 0 spiro atoms. The lowest BCUT2D eigenvalue weighted by molar-refractivity contribution is -0.118. The lowest BCUT2D eigenvalue weighted by Crippen LogP contribution is -2.39. The molecule has 1 atom stereocenters. The van der Waals surface area contributed by atoms with Crippen LogP contribution in [0, 0.1) is 6.92 Å². The minimum absolute atomic E-state index is 0. The summed E-state index contributed by atoms with van der Waals surface area (Å²) in [7, 11) is 1.50. The number of hydrogen-bond donors (Lipinski definition) is 3. The van der Waals surface area contributed by atoms with Crippen molar-refractivity contribution in [2.75, 3.05) is 19.0 Å². The summed E-state index contributed by atoms with van der Waals surface area (Å²) in [4.78, 5) is 24.3. The topological polar surface area (TPSA) is 93.4 Å². The van der Waals surface area contributed by atoms with E-state index in [0.717, 1.165) is 18.4 Å². The molecule has 140 valence electrons. The van der Waals surface area contributed by atoms with Crippen LogP contribution in [0.1, 0.15) is 48.0 Å². The van der Waals surface area contributed by atoms with E-state index in [1.54, 1.807) is 18.2 Å². The smallest absolute Gasteiger partial charge is 0.251 e. The first-order valence-corrected chi connectivity index (χ1v) is 8.48. The van der Waals surface area contributed by atoms with Crippen LogP contribution in [0.5, 0.6) is 0 Å². The van der Waals surface area contributed by atoms with Gasteiger partial charge in [-0.1, -0.05) is 19.3 Å². The number of carbonyl (C=O) groups excluding carboxylic acids is 2. The van der Waals surface area contributed by atoms with E-state index < -0.39 is 6.04 Å². The molecule has 0 heterocycles. The maximum absolute atomic E-state index is 12.4. The van der Waals surface area contributed by atoms with Gasteiger partial charge in [-0.2, -0.15) is 0 Å². The van der Waals surface area contributed by atoms with Gasteiger partial charge in [-0.05, 0) is 43.5 Å². The zero-order chi connectivity index (χ0) is 17.5. The van der Waals surface area contributed by atoms with E-state index in [4.69, 9.17) is 10.5 Å². The first-order valence-electron chi connectivity index (χ1n) is 8.48. The Balaban J connectivity index is 0.00000312. The van der Waals surface area contributed by atoms with Crippen LogP contribution in [-0.4, -0.2) is 37.6 Å². The molecule has 0 aromatic heterocycles. The number of aryl methyl sites for hydroxylation is 1. The zero-order valence-corrected chi connectivity index (χ0v) is 15.7. The van der Waals surface area contributed by atoms with Crippen molar-refractivity contribution in [1.29, 1.82) is 0 Å². The average molecular weight is 370 g/mol. The van der Waals surface area contributed by atoms with Crippen LogP contribution in [0.25, 0.3) is 0 Å². The fourth-order valence-electron chi connectivity index (χ4n) is 2.94.